The SMILES string of the molecule is CC(=O)Oc1ccc(C(c2ccccc2)(N2C(=O)C=CC2=O)N2C(=O)CCC2=O)cc1. The molecule has 2 aromatic carbocycles. The summed E-state index contributed by atoms with van der Waals surface area (Å²) in [4.78, 5) is 64.8. The van der Waals surface area contributed by atoms with E-state index in [0.717, 1.165) is 22.0 Å². The molecule has 2 heterocycles. The zero-order chi connectivity index (χ0) is 22.2. The van der Waals surface area contributed by atoms with Crippen LogP contribution >= 0.6 is 0 Å². The summed E-state index contributed by atoms with van der Waals surface area (Å²) in [6, 6.07) is 14.5. The summed E-state index contributed by atoms with van der Waals surface area (Å²) >= 11 is 0. The number of carbonyl (C=O) groups excluding carboxylic acids is 5. The number of amides is 4. The van der Waals surface area contributed by atoms with E-state index >= 15 is 0 Å². The zero-order valence-electron chi connectivity index (χ0n) is 16.6. The molecule has 8 nitrogen and oxygen atoms in total. The Kier molecular flexibility index (Phi) is 4.98. The van der Waals surface area contributed by atoms with Gasteiger partial charge in [0.05, 0.1) is 0 Å². The van der Waals surface area contributed by atoms with E-state index < -0.39 is 35.3 Å². The van der Waals surface area contributed by atoms with Gasteiger partial charge in [0.1, 0.15) is 5.75 Å². The van der Waals surface area contributed by atoms with Gasteiger partial charge in [-0.15, -0.1) is 0 Å². The highest BCUT2D eigenvalue weighted by Crippen LogP contribution is 2.44. The summed E-state index contributed by atoms with van der Waals surface area (Å²) in [6.45, 7) is 1.26. The number of likely N-dealkylation sites (tertiary alicyclic amines) is 1. The van der Waals surface area contributed by atoms with Crippen LogP contribution < -0.4 is 4.74 Å². The highest BCUT2D eigenvalue weighted by molar-refractivity contribution is 6.15. The van der Waals surface area contributed by atoms with Crippen LogP contribution in [0.4, 0.5) is 0 Å². The number of benzene rings is 2. The minimum absolute atomic E-state index is 0.0252. The van der Waals surface area contributed by atoms with Gasteiger partial charge in [-0.2, -0.15) is 0 Å². The first-order valence-electron chi connectivity index (χ1n) is 9.62. The van der Waals surface area contributed by atoms with Gasteiger partial charge in [-0.3, -0.25) is 24.0 Å². The number of carbonyl (C=O) groups is 5. The molecule has 0 saturated carbocycles. The predicted octanol–water partition coefficient (Wildman–Crippen LogP) is 1.89. The Balaban J connectivity index is 2.02. The largest absolute Gasteiger partial charge is 0.427 e. The summed E-state index contributed by atoms with van der Waals surface area (Å²) in [5.74, 6) is -2.55. The van der Waals surface area contributed by atoms with Crippen molar-refractivity contribution in [3.63, 3.8) is 0 Å². The fourth-order valence-electron chi connectivity index (χ4n) is 4.03. The Bertz CT molecular complexity index is 1080. The second-order valence-electron chi connectivity index (χ2n) is 7.12. The van der Waals surface area contributed by atoms with Crippen LogP contribution in [0.1, 0.15) is 30.9 Å². The van der Waals surface area contributed by atoms with Crippen LogP contribution in [-0.2, 0) is 29.6 Å². The molecular weight excluding hydrogens is 400 g/mol. The van der Waals surface area contributed by atoms with Crippen LogP contribution in [0.5, 0.6) is 5.75 Å². The molecule has 156 valence electrons. The normalized spacial score (nSPS) is 18.0. The van der Waals surface area contributed by atoms with Crippen molar-refractivity contribution in [3.8, 4) is 5.75 Å². The van der Waals surface area contributed by atoms with E-state index in [-0.39, 0.29) is 18.6 Å². The van der Waals surface area contributed by atoms with Crippen molar-refractivity contribution in [1.29, 1.82) is 0 Å². The van der Waals surface area contributed by atoms with Crippen LogP contribution in [0.15, 0.2) is 66.7 Å². The Hall–Kier alpha value is -4.07. The molecule has 1 saturated heterocycles. The van der Waals surface area contributed by atoms with E-state index in [1.54, 1.807) is 30.3 Å². The fourth-order valence-corrected chi connectivity index (χ4v) is 4.03. The van der Waals surface area contributed by atoms with E-state index in [1.165, 1.54) is 31.2 Å². The van der Waals surface area contributed by atoms with E-state index in [0.29, 0.717) is 11.1 Å². The molecule has 1 unspecified atom stereocenters. The Morgan fingerprint density at radius 3 is 1.81 bits per heavy atom. The molecule has 0 N–H and O–H groups in total. The molecule has 4 amide bonds. The van der Waals surface area contributed by atoms with Crippen molar-refractivity contribution < 1.29 is 28.7 Å². The number of hydrogen-bond acceptors (Lipinski definition) is 6. The van der Waals surface area contributed by atoms with Gasteiger partial charge in [0.25, 0.3) is 11.8 Å². The molecule has 0 bridgehead atoms. The standard InChI is InChI=1S/C23H18N2O6/c1-15(26)31-18-9-7-17(8-10-18)23(16-5-3-2-4-6-16,24-19(27)11-12-20(24)28)25-21(29)13-14-22(25)30/h2-12H,13-14H2,1H3. The van der Waals surface area contributed by atoms with Gasteiger partial charge in [0, 0.05) is 43.0 Å². The maximum atomic E-state index is 12.9. The van der Waals surface area contributed by atoms with Crippen molar-refractivity contribution in [1.82, 2.24) is 9.80 Å². The summed E-state index contributed by atoms with van der Waals surface area (Å²) < 4.78 is 5.08. The molecule has 2 aromatic rings. The minimum atomic E-state index is -1.82. The second-order valence-corrected chi connectivity index (χ2v) is 7.12. The van der Waals surface area contributed by atoms with Gasteiger partial charge in [-0.1, -0.05) is 42.5 Å². The molecule has 0 radical (unpaired) electrons. The maximum Gasteiger partial charge on any atom is 0.308 e. The monoisotopic (exact) mass is 418 g/mol. The van der Waals surface area contributed by atoms with Gasteiger partial charge in [-0.25, -0.2) is 9.80 Å². The fraction of sp³-hybridized carbons (Fsp3) is 0.174. The summed E-state index contributed by atoms with van der Waals surface area (Å²) in [5, 5.41) is 0. The number of nitrogens with zero attached hydrogens (tertiary/aromatic N) is 2. The van der Waals surface area contributed by atoms with E-state index in [9.17, 15) is 24.0 Å². The van der Waals surface area contributed by atoms with E-state index in [2.05, 4.69) is 0 Å². The van der Waals surface area contributed by atoms with Crippen LogP contribution in [0.25, 0.3) is 0 Å². The summed E-state index contributed by atoms with van der Waals surface area (Å²) in [6.07, 6.45) is 2.17. The molecule has 2 aliphatic rings. The van der Waals surface area contributed by atoms with Crippen molar-refractivity contribution in [2.24, 2.45) is 0 Å². The molecule has 1 fully saturated rings. The predicted molar refractivity (Wildman–Crippen MR) is 107 cm³/mol. The lowest BCUT2D eigenvalue weighted by Gasteiger charge is -2.46. The number of esters is 1. The lowest BCUT2D eigenvalue weighted by molar-refractivity contribution is -0.162. The smallest absolute Gasteiger partial charge is 0.308 e. The zero-order valence-corrected chi connectivity index (χ0v) is 16.6. The van der Waals surface area contributed by atoms with Crippen molar-refractivity contribution in [3.05, 3.63) is 77.9 Å². The van der Waals surface area contributed by atoms with Gasteiger partial charge < -0.3 is 4.74 Å². The Labute approximate surface area is 177 Å². The molecule has 1 atom stereocenters. The van der Waals surface area contributed by atoms with Crippen molar-refractivity contribution >= 4 is 29.6 Å². The number of rotatable bonds is 5. The van der Waals surface area contributed by atoms with Gasteiger partial charge >= 0.3 is 5.97 Å². The van der Waals surface area contributed by atoms with Crippen LogP contribution in [-0.4, -0.2) is 39.4 Å². The molecule has 31 heavy (non-hydrogen) atoms. The van der Waals surface area contributed by atoms with Crippen LogP contribution in [0, 0.1) is 0 Å². The lowest BCUT2D eigenvalue weighted by Crippen LogP contribution is -2.62. The molecule has 4 rings (SSSR count). The number of hydrogen-bond donors (Lipinski definition) is 0. The molecular formula is C23H18N2O6. The average Bonchev–Trinajstić information content (AvgIpc) is 3.27. The molecule has 8 heteroatoms. The first kappa shape index (κ1) is 20.2. The first-order valence-corrected chi connectivity index (χ1v) is 9.62. The number of ether oxygens (including phenoxy) is 1. The third-order valence-corrected chi connectivity index (χ3v) is 5.20. The van der Waals surface area contributed by atoms with Gasteiger partial charge in [-0.05, 0) is 12.1 Å². The highest BCUT2D eigenvalue weighted by atomic mass is 16.5. The number of imide groups is 2. The summed E-state index contributed by atoms with van der Waals surface area (Å²) in [7, 11) is 0. The van der Waals surface area contributed by atoms with E-state index in [4.69, 9.17) is 4.74 Å². The van der Waals surface area contributed by atoms with Crippen molar-refractivity contribution in [2.45, 2.75) is 25.4 Å². The summed E-state index contributed by atoms with van der Waals surface area (Å²) in [5.41, 5.74) is -1.11. The third-order valence-electron chi connectivity index (χ3n) is 5.20. The van der Waals surface area contributed by atoms with E-state index in [1.807, 2.05) is 0 Å². The minimum Gasteiger partial charge on any atom is -0.427 e. The van der Waals surface area contributed by atoms with Crippen LogP contribution in [0.3, 0.4) is 0 Å². The molecule has 0 aromatic heterocycles. The maximum absolute atomic E-state index is 12.9. The van der Waals surface area contributed by atoms with Gasteiger partial charge in [0.15, 0.2) is 5.66 Å². The Morgan fingerprint density at radius 1 is 0.774 bits per heavy atom. The lowest BCUT2D eigenvalue weighted by atomic mass is 9.87. The Morgan fingerprint density at radius 2 is 1.29 bits per heavy atom. The average molecular weight is 418 g/mol. The third kappa shape index (κ3) is 3.22. The molecule has 0 spiro atoms. The van der Waals surface area contributed by atoms with Gasteiger partial charge in [0.2, 0.25) is 11.8 Å². The quantitative estimate of drug-likeness (QED) is 0.418. The first-order chi connectivity index (χ1) is 14.9. The highest BCUT2D eigenvalue weighted by Gasteiger charge is 2.56. The molecule has 2 aliphatic heterocycles. The topological polar surface area (TPSA) is 101 Å². The van der Waals surface area contributed by atoms with Crippen molar-refractivity contribution in [2.75, 3.05) is 0 Å². The van der Waals surface area contributed by atoms with Crippen LogP contribution in [0.2, 0.25) is 0 Å². The second kappa shape index (κ2) is 7.64. The molecule has 0 aliphatic carbocycles.